The molecule has 0 bridgehead atoms. The van der Waals surface area contributed by atoms with Crippen LogP contribution in [0.1, 0.15) is 31.2 Å². The van der Waals surface area contributed by atoms with Crippen LogP contribution in [0.4, 0.5) is 0 Å². The third kappa shape index (κ3) is 6.29. The summed E-state index contributed by atoms with van der Waals surface area (Å²) in [5.74, 6) is 2.25. The Morgan fingerprint density at radius 3 is 2.57 bits per heavy atom. The van der Waals surface area contributed by atoms with Crippen LogP contribution in [0.3, 0.4) is 0 Å². The highest BCUT2D eigenvalue weighted by Gasteiger charge is 2.23. The van der Waals surface area contributed by atoms with Gasteiger partial charge in [0.2, 0.25) is 5.96 Å². The van der Waals surface area contributed by atoms with Crippen molar-refractivity contribution in [3.8, 4) is 17.7 Å². The summed E-state index contributed by atoms with van der Waals surface area (Å²) >= 11 is 0. The van der Waals surface area contributed by atoms with Crippen molar-refractivity contribution in [2.45, 2.75) is 32.0 Å². The van der Waals surface area contributed by atoms with E-state index in [4.69, 9.17) is 24.7 Å². The molecule has 1 saturated carbocycles. The van der Waals surface area contributed by atoms with Gasteiger partial charge in [0.1, 0.15) is 0 Å². The second-order valence-electron chi connectivity index (χ2n) is 6.88. The molecule has 1 atom stereocenters. The Kier molecular flexibility index (Phi) is 8.36. The summed E-state index contributed by atoms with van der Waals surface area (Å²) in [5, 5.41) is 9.47. The van der Waals surface area contributed by atoms with Crippen molar-refractivity contribution in [3.63, 3.8) is 0 Å². The van der Waals surface area contributed by atoms with Crippen molar-refractivity contribution in [2.24, 2.45) is 16.6 Å². The minimum Gasteiger partial charge on any atom is -0.493 e. The third-order valence-corrected chi connectivity index (χ3v) is 4.71. The lowest BCUT2D eigenvalue weighted by Crippen LogP contribution is -2.37. The molecular weight excluding hydrogens is 360 g/mol. The van der Waals surface area contributed by atoms with Gasteiger partial charge in [0.15, 0.2) is 24.0 Å². The lowest BCUT2D eigenvalue weighted by Gasteiger charge is -2.21. The number of rotatable bonds is 11. The molecule has 0 amide bonds. The molecule has 1 aliphatic carbocycles. The van der Waals surface area contributed by atoms with Crippen molar-refractivity contribution in [1.29, 1.82) is 5.26 Å². The van der Waals surface area contributed by atoms with E-state index in [1.807, 2.05) is 25.1 Å². The molecule has 0 radical (unpaired) electrons. The maximum absolute atomic E-state index is 9.47. The minimum absolute atomic E-state index is 0.0308. The number of nitrogens with zero attached hydrogens (tertiary/aromatic N) is 3. The number of benzene rings is 1. The standard InChI is InChI=1S/C20H30N4O4/c1-14(11-24(13-21)20(22)23-10-19(26-3)27-4)16-7-8-17(25-2)18(9-16)28-12-15-5-6-15/h7-9,14-15,19H,5-6,10-12H2,1-4H3,(H2,22,23). The van der Waals surface area contributed by atoms with Crippen LogP contribution < -0.4 is 15.2 Å². The molecule has 154 valence electrons. The largest absolute Gasteiger partial charge is 0.493 e. The van der Waals surface area contributed by atoms with E-state index in [0.717, 1.165) is 11.3 Å². The zero-order valence-corrected chi connectivity index (χ0v) is 17.1. The smallest absolute Gasteiger partial charge is 0.204 e. The van der Waals surface area contributed by atoms with Crippen molar-refractivity contribution < 1.29 is 18.9 Å². The van der Waals surface area contributed by atoms with Gasteiger partial charge in [-0.3, -0.25) is 0 Å². The average Bonchev–Trinajstić information content (AvgIpc) is 3.55. The molecule has 1 aromatic carbocycles. The van der Waals surface area contributed by atoms with Gasteiger partial charge in [-0.1, -0.05) is 13.0 Å². The second kappa shape index (κ2) is 10.7. The molecule has 2 rings (SSSR count). The van der Waals surface area contributed by atoms with Crippen LogP contribution in [-0.4, -0.2) is 58.2 Å². The number of hydrogen-bond acceptors (Lipinski definition) is 6. The third-order valence-electron chi connectivity index (χ3n) is 4.71. The van der Waals surface area contributed by atoms with E-state index in [-0.39, 0.29) is 18.4 Å². The molecule has 0 saturated heterocycles. The van der Waals surface area contributed by atoms with Crippen LogP contribution in [-0.2, 0) is 9.47 Å². The molecule has 8 nitrogen and oxygen atoms in total. The van der Waals surface area contributed by atoms with Gasteiger partial charge in [0.05, 0.1) is 20.3 Å². The van der Waals surface area contributed by atoms with E-state index < -0.39 is 6.29 Å². The van der Waals surface area contributed by atoms with E-state index in [1.54, 1.807) is 7.11 Å². The summed E-state index contributed by atoms with van der Waals surface area (Å²) in [6.45, 7) is 3.34. The number of aliphatic imine (C=N–C) groups is 1. The fraction of sp³-hybridized carbons (Fsp3) is 0.600. The summed E-state index contributed by atoms with van der Waals surface area (Å²) < 4.78 is 21.5. The monoisotopic (exact) mass is 390 g/mol. The molecule has 0 spiro atoms. The van der Waals surface area contributed by atoms with Gasteiger partial charge < -0.3 is 24.7 Å². The van der Waals surface area contributed by atoms with Gasteiger partial charge in [0.25, 0.3) is 0 Å². The first-order valence-corrected chi connectivity index (χ1v) is 9.35. The zero-order valence-electron chi connectivity index (χ0n) is 17.1. The van der Waals surface area contributed by atoms with E-state index in [2.05, 4.69) is 11.2 Å². The van der Waals surface area contributed by atoms with Gasteiger partial charge in [-0.2, -0.15) is 5.26 Å². The molecule has 0 aromatic heterocycles. The Labute approximate surface area is 166 Å². The predicted octanol–water partition coefficient (Wildman–Crippen LogP) is 2.30. The van der Waals surface area contributed by atoms with Crippen LogP contribution in [0, 0.1) is 17.4 Å². The first-order chi connectivity index (χ1) is 13.5. The minimum atomic E-state index is -0.496. The van der Waals surface area contributed by atoms with Crippen LogP contribution in [0.25, 0.3) is 0 Å². The van der Waals surface area contributed by atoms with Gasteiger partial charge in [-0.15, -0.1) is 0 Å². The van der Waals surface area contributed by atoms with Crippen molar-refractivity contribution in [2.75, 3.05) is 41.0 Å². The lowest BCUT2D eigenvalue weighted by atomic mass is 10.00. The Hall–Kier alpha value is -2.50. The zero-order chi connectivity index (χ0) is 20.5. The maximum atomic E-state index is 9.47. The number of hydrogen-bond donors (Lipinski definition) is 1. The summed E-state index contributed by atoms with van der Waals surface area (Å²) in [6, 6.07) is 5.84. The molecule has 2 N–H and O–H groups in total. The molecule has 0 aliphatic heterocycles. The molecule has 1 aromatic rings. The molecule has 1 fully saturated rings. The Morgan fingerprint density at radius 1 is 1.29 bits per heavy atom. The molecule has 1 unspecified atom stereocenters. The Bertz CT molecular complexity index is 696. The summed E-state index contributed by atoms with van der Waals surface area (Å²) in [7, 11) is 4.68. The molecular formula is C20H30N4O4. The average molecular weight is 390 g/mol. The first-order valence-electron chi connectivity index (χ1n) is 9.35. The predicted molar refractivity (Wildman–Crippen MR) is 106 cm³/mol. The van der Waals surface area contributed by atoms with E-state index in [0.29, 0.717) is 24.8 Å². The van der Waals surface area contributed by atoms with Gasteiger partial charge in [-0.05, 0) is 36.5 Å². The van der Waals surface area contributed by atoms with Crippen LogP contribution in [0.2, 0.25) is 0 Å². The second-order valence-corrected chi connectivity index (χ2v) is 6.88. The van der Waals surface area contributed by atoms with Crippen LogP contribution >= 0.6 is 0 Å². The highest BCUT2D eigenvalue weighted by Crippen LogP contribution is 2.34. The van der Waals surface area contributed by atoms with Crippen LogP contribution in [0.5, 0.6) is 11.5 Å². The number of ether oxygens (including phenoxy) is 4. The Balaban J connectivity index is 2.04. The number of methoxy groups -OCH3 is 3. The van der Waals surface area contributed by atoms with E-state index in [9.17, 15) is 5.26 Å². The topological polar surface area (TPSA) is 102 Å². The fourth-order valence-corrected chi connectivity index (χ4v) is 2.67. The van der Waals surface area contributed by atoms with Gasteiger partial charge in [0, 0.05) is 26.7 Å². The summed E-state index contributed by atoms with van der Waals surface area (Å²) in [5.41, 5.74) is 7.01. The fourth-order valence-electron chi connectivity index (χ4n) is 2.67. The number of guanidine groups is 1. The summed E-state index contributed by atoms with van der Waals surface area (Å²) in [4.78, 5) is 5.55. The number of nitriles is 1. The highest BCUT2D eigenvalue weighted by molar-refractivity contribution is 5.79. The normalized spacial score (nSPS) is 15.2. The molecule has 8 heteroatoms. The van der Waals surface area contributed by atoms with Crippen LogP contribution in [0.15, 0.2) is 23.2 Å². The number of nitrogens with two attached hydrogens (primary N) is 1. The molecule has 28 heavy (non-hydrogen) atoms. The van der Waals surface area contributed by atoms with Gasteiger partial charge >= 0.3 is 0 Å². The molecule has 1 aliphatic rings. The van der Waals surface area contributed by atoms with Gasteiger partial charge in [-0.25, -0.2) is 9.89 Å². The molecule has 0 heterocycles. The highest BCUT2D eigenvalue weighted by atomic mass is 16.7. The summed E-state index contributed by atoms with van der Waals surface area (Å²) in [6.07, 6.45) is 4.04. The SMILES string of the molecule is COc1ccc(C(C)CN(C#N)C(N)=NCC(OC)OC)cc1OCC1CC1. The van der Waals surface area contributed by atoms with Crippen molar-refractivity contribution in [3.05, 3.63) is 23.8 Å². The Morgan fingerprint density at radius 2 is 2.00 bits per heavy atom. The van der Waals surface area contributed by atoms with Crippen molar-refractivity contribution >= 4 is 5.96 Å². The quantitative estimate of drug-likeness (QED) is 0.203. The van der Waals surface area contributed by atoms with E-state index in [1.165, 1.54) is 32.0 Å². The van der Waals surface area contributed by atoms with E-state index >= 15 is 0 Å². The maximum Gasteiger partial charge on any atom is 0.204 e. The van der Waals surface area contributed by atoms with Crippen molar-refractivity contribution in [1.82, 2.24) is 4.90 Å². The first kappa shape index (κ1) is 21.8. The lowest BCUT2D eigenvalue weighted by molar-refractivity contribution is -0.0937.